The summed E-state index contributed by atoms with van der Waals surface area (Å²) in [7, 11) is -3.50. The van der Waals surface area contributed by atoms with Gasteiger partial charge in [-0.25, -0.2) is 12.8 Å². The Hall–Kier alpha value is -1.14. The lowest BCUT2D eigenvalue weighted by molar-refractivity contribution is 0.591. The summed E-state index contributed by atoms with van der Waals surface area (Å²) in [5, 5.41) is 3.13. The Labute approximate surface area is 114 Å². The molecule has 0 unspecified atom stereocenters. The highest BCUT2D eigenvalue weighted by Crippen LogP contribution is 2.20. The van der Waals surface area contributed by atoms with Gasteiger partial charge in [0.25, 0.3) is 0 Å². The Morgan fingerprint density at radius 3 is 2.63 bits per heavy atom. The van der Waals surface area contributed by atoms with E-state index < -0.39 is 15.8 Å². The fourth-order valence-electron chi connectivity index (χ4n) is 1.66. The quantitative estimate of drug-likeness (QED) is 0.721. The molecular formula is C13H21FN2O2S. The number of benzene rings is 1. The Kier molecular flexibility index (Phi) is 6.24. The van der Waals surface area contributed by atoms with Crippen LogP contribution < -0.4 is 10.0 Å². The number of halogens is 1. The highest BCUT2D eigenvalue weighted by Gasteiger charge is 2.14. The highest BCUT2D eigenvalue weighted by atomic mass is 32.2. The molecule has 4 nitrogen and oxygen atoms in total. The van der Waals surface area contributed by atoms with Gasteiger partial charge in [0, 0.05) is 0 Å². The van der Waals surface area contributed by atoms with Gasteiger partial charge in [0.2, 0.25) is 10.0 Å². The molecule has 1 aromatic carbocycles. The molecule has 0 heterocycles. The number of nitrogens with one attached hydrogen (secondary N) is 2. The van der Waals surface area contributed by atoms with Gasteiger partial charge >= 0.3 is 0 Å². The Bertz CT molecular complexity index is 483. The largest absolute Gasteiger partial charge is 0.317 e. The van der Waals surface area contributed by atoms with Crippen molar-refractivity contribution in [3.8, 4) is 0 Å². The first kappa shape index (κ1) is 15.9. The Morgan fingerprint density at radius 2 is 2.00 bits per heavy atom. The molecule has 0 spiro atoms. The number of anilines is 1. The zero-order valence-electron chi connectivity index (χ0n) is 11.4. The normalized spacial score (nSPS) is 11.5. The van der Waals surface area contributed by atoms with E-state index in [1.807, 2.05) is 6.92 Å². The smallest absolute Gasteiger partial charge is 0.232 e. The van der Waals surface area contributed by atoms with Gasteiger partial charge in [0.05, 0.1) is 11.4 Å². The van der Waals surface area contributed by atoms with Gasteiger partial charge in [0.1, 0.15) is 5.82 Å². The summed E-state index contributed by atoms with van der Waals surface area (Å²) in [6.07, 6.45) is 1.52. The van der Waals surface area contributed by atoms with Crippen molar-refractivity contribution in [2.24, 2.45) is 0 Å². The van der Waals surface area contributed by atoms with Crippen molar-refractivity contribution in [2.75, 3.05) is 23.6 Å². The summed E-state index contributed by atoms with van der Waals surface area (Å²) in [6.45, 7) is 5.24. The van der Waals surface area contributed by atoms with Crippen molar-refractivity contribution in [3.63, 3.8) is 0 Å². The van der Waals surface area contributed by atoms with E-state index in [2.05, 4.69) is 10.0 Å². The summed E-state index contributed by atoms with van der Waals surface area (Å²) >= 11 is 0. The van der Waals surface area contributed by atoms with Gasteiger partial charge in [-0.15, -0.1) is 0 Å². The van der Waals surface area contributed by atoms with Crippen molar-refractivity contribution in [3.05, 3.63) is 29.6 Å². The van der Waals surface area contributed by atoms with Gasteiger partial charge < -0.3 is 5.32 Å². The molecule has 0 radical (unpaired) electrons. The first-order valence-electron chi connectivity index (χ1n) is 6.42. The fourth-order valence-corrected chi connectivity index (χ4v) is 2.85. The summed E-state index contributed by atoms with van der Waals surface area (Å²) in [6, 6.07) is 4.47. The molecule has 0 saturated heterocycles. The molecule has 19 heavy (non-hydrogen) atoms. The summed E-state index contributed by atoms with van der Waals surface area (Å²) in [5.74, 6) is -0.565. The van der Waals surface area contributed by atoms with Gasteiger partial charge in [-0.05, 0) is 44.5 Å². The third-order valence-corrected chi connectivity index (χ3v) is 4.01. The van der Waals surface area contributed by atoms with Crippen molar-refractivity contribution >= 4 is 15.7 Å². The molecule has 0 bridgehead atoms. The zero-order chi connectivity index (χ0) is 14.3. The monoisotopic (exact) mass is 288 g/mol. The minimum atomic E-state index is -3.50. The number of aryl methyl sites for hydroxylation is 1. The van der Waals surface area contributed by atoms with Crippen LogP contribution in [0.15, 0.2) is 18.2 Å². The lowest BCUT2D eigenvalue weighted by Crippen LogP contribution is -2.23. The topological polar surface area (TPSA) is 58.2 Å². The lowest BCUT2D eigenvalue weighted by Gasteiger charge is -2.11. The summed E-state index contributed by atoms with van der Waals surface area (Å²) < 4.78 is 39.5. The molecule has 108 valence electrons. The molecule has 0 aliphatic heterocycles. The Morgan fingerprint density at radius 1 is 1.26 bits per heavy atom. The van der Waals surface area contributed by atoms with Gasteiger partial charge in [0.15, 0.2) is 0 Å². The minimum Gasteiger partial charge on any atom is -0.317 e. The molecule has 0 amide bonds. The molecular weight excluding hydrogens is 267 g/mol. The molecule has 2 N–H and O–H groups in total. The van der Waals surface area contributed by atoms with Crippen molar-refractivity contribution in [2.45, 2.75) is 26.7 Å². The van der Waals surface area contributed by atoms with Crippen molar-refractivity contribution < 1.29 is 12.8 Å². The van der Waals surface area contributed by atoms with E-state index >= 15 is 0 Å². The van der Waals surface area contributed by atoms with E-state index in [4.69, 9.17) is 0 Å². The molecule has 0 aliphatic rings. The third kappa shape index (κ3) is 5.57. The zero-order valence-corrected chi connectivity index (χ0v) is 12.2. The molecule has 0 atom stereocenters. The molecule has 6 heteroatoms. The van der Waals surface area contributed by atoms with Crippen LogP contribution in [0.5, 0.6) is 0 Å². The average Bonchev–Trinajstić information content (AvgIpc) is 2.34. The third-order valence-electron chi connectivity index (χ3n) is 2.67. The number of hydrogen-bond acceptors (Lipinski definition) is 3. The molecule has 1 rings (SSSR count). The predicted octanol–water partition coefficient (Wildman–Crippen LogP) is 2.27. The van der Waals surface area contributed by atoms with E-state index in [9.17, 15) is 12.8 Å². The number of rotatable bonds is 8. The maximum absolute atomic E-state index is 13.5. The molecule has 0 saturated carbocycles. The van der Waals surface area contributed by atoms with Crippen LogP contribution in [0.3, 0.4) is 0 Å². The lowest BCUT2D eigenvalue weighted by atomic mass is 10.2. The second-order valence-corrected chi connectivity index (χ2v) is 6.30. The average molecular weight is 288 g/mol. The van der Waals surface area contributed by atoms with E-state index in [1.165, 1.54) is 6.07 Å². The second kappa shape index (κ2) is 7.45. The highest BCUT2D eigenvalue weighted by molar-refractivity contribution is 7.92. The van der Waals surface area contributed by atoms with Gasteiger partial charge in [-0.1, -0.05) is 19.1 Å². The van der Waals surface area contributed by atoms with E-state index in [0.29, 0.717) is 18.5 Å². The number of para-hydroxylation sites is 1. The standard InChI is InChI=1S/C13H21FN2O2S/c1-3-8-15-9-5-10-19(17,18)16-13-11(2)6-4-7-12(13)14/h4,6-7,15-16H,3,5,8-10H2,1-2H3. The van der Waals surface area contributed by atoms with Crippen LogP contribution >= 0.6 is 0 Å². The number of hydrogen-bond donors (Lipinski definition) is 2. The predicted molar refractivity (Wildman–Crippen MR) is 76.3 cm³/mol. The molecule has 1 aromatic rings. The van der Waals surface area contributed by atoms with Gasteiger partial charge in [-0.2, -0.15) is 0 Å². The van der Waals surface area contributed by atoms with Crippen LogP contribution in [0.25, 0.3) is 0 Å². The molecule has 0 fully saturated rings. The van der Waals surface area contributed by atoms with E-state index in [1.54, 1.807) is 19.1 Å². The molecule has 0 aliphatic carbocycles. The summed E-state index contributed by atoms with van der Waals surface area (Å²) in [4.78, 5) is 0. The van der Waals surface area contributed by atoms with Crippen molar-refractivity contribution in [1.29, 1.82) is 0 Å². The van der Waals surface area contributed by atoms with E-state index in [-0.39, 0.29) is 11.4 Å². The van der Waals surface area contributed by atoms with Crippen molar-refractivity contribution in [1.82, 2.24) is 5.32 Å². The van der Waals surface area contributed by atoms with Gasteiger partial charge in [-0.3, -0.25) is 4.72 Å². The fraction of sp³-hybridized carbons (Fsp3) is 0.538. The first-order valence-corrected chi connectivity index (χ1v) is 8.08. The maximum Gasteiger partial charge on any atom is 0.232 e. The first-order chi connectivity index (χ1) is 8.96. The SMILES string of the molecule is CCCNCCCS(=O)(=O)Nc1c(C)cccc1F. The van der Waals surface area contributed by atoms with E-state index in [0.717, 1.165) is 13.0 Å². The Balaban J connectivity index is 2.55. The van der Waals surface area contributed by atoms with Crippen LogP contribution in [0.4, 0.5) is 10.1 Å². The van der Waals surface area contributed by atoms with Crippen LogP contribution in [0, 0.1) is 12.7 Å². The second-order valence-electron chi connectivity index (χ2n) is 4.46. The maximum atomic E-state index is 13.5. The van der Waals surface area contributed by atoms with Crippen LogP contribution in [0.1, 0.15) is 25.3 Å². The number of sulfonamides is 1. The van der Waals surface area contributed by atoms with Crippen LogP contribution in [-0.2, 0) is 10.0 Å². The van der Waals surface area contributed by atoms with Crippen LogP contribution in [-0.4, -0.2) is 27.3 Å². The van der Waals surface area contributed by atoms with Crippen LogP contribution in [0.2, 0.25) is 0 Å². The molecule has 0 aromatic heterocycles. The summed E-state index contributed by atoms with van der Waals surface area (Å²) in [5.41, 5.74) is 0.622. The minimum absolute atomic E-state index is 0.0164.